The minimum Gasteiger partial charge on any atom is -0.772 e. The molecule has 0 aliphatic heterocycles. The molecule has 1 aliphatic carbocycles. The molecule has 142 valence electrons. The molecule has 1 aliphatic rings. The van der Waals surface area contributed by atoms with Crippen molar-refractivity contribution in [1.82, 2.24) is 0 Å². The summed E-state index contributed by atoms with van der Waals surface area (Å²) in [4.78, 5) is 0. The highest BCUT2D eigenvalue weighted by Gasteiger charge is 2.49. The molecular weight excluding hydrogens is 383 g/mol. The van der Waals surface area contributed by atoms with Crippen LogP contribution in [0.15, 0.2) is 30.3 Å². The molecule has 0 amide bonds. The van der Waals surface area contributed by atoms with Crippen molar-refractivity contribution in [2.24, 2.45) is 0 Å². The molecule has 0 saturated carbocycles. The van der Waals surface area contributed by atoms with Crippen LogP contribution < -0.4 is 4.74 Å². The van der Waals surface area contributed by atoms with Gasteiger partial charge in [-0.05, 0) is 47.3 Å². The average molecular weight is 396 g/mol. The molecule has 0 heterocycles. The van der Waals surface area contributed by atoms with Crippen LogP contribution in [0.3, 0.4) is 0 Å². The maximum Gasteiger partial charge on any atom is 0.281 e. The number of benzene rings is 2. The molecule has 0 saturated heterocycles. The van der Waals surface area contributed by atoms with E-state index in [1.165, 1.54) is 25.1 Å². The Morgan fingerprint density at radius 3 is 2.74 bits per heavy atom. The second-order valence-electron chi connectivity index (χ2n) is 6.18. The minimum atomic E-state index is -3.50. The molecule has 0 fully saturated rings. The molecule has 2 aromatic carbocycles. The van der Waals surface area contributed by atoms with E-state index in [0.717, 1.165) is 12.1 Å². The van der Waals surface area contributed by atoms with Crippen LogP contribution in [-0.2, 0) is 17.5 Å². The van der Waals surface area contributed by atoms with Crippen LogP contribution in [0.5, 0.6) is 11.5 Å². The summed E-state index contributed by atoms with van der Waals surface area (Å²) in [5.74, 6) is -4.38. The third-order valence-electron chi connectivity index (χ3n) is 4.39. The molecule has 0 aromatic heterocycles. The number of aliphatic hydroxyl groups excluding tert-OH is 1. The minimum absolute atomic E-state index is 0.0148. The second kappa shape index (κ2) is 6.96. The summed E-state index contributed by atoms with van der Waals surface area (Å²) in [5, 5.41) is 17.8. The number of nitriles is 1. The fourth-order valence-electron chi connectivity index (χ4n) is 3.08. The Kier molecular flexibility index (Phi) is 4.99. The first kappa shape index (κ1) is 19.4. The van der Waals surface area contributed by atoms with Crippen molar-refractivity contribution in [1.29, 1.82) is 5.26 Å². The van der Waals surface area contributed by atoms with E-state index in [9.17, 15) is 27.0 Å². The number of fused-ring (bicyclic) bond motifs is 1. The molecule has 0 bridgehead atoms. The van der Waals surface area contributed by atoms with Crippen LogP contribution in [0.2, 0.25) is 0 Å². The van der Waals surface area contributed by atoms with Crippen molar-refractivity contribution in [2.75, 3.05) is 0 Å². The van der Waals surface area contributed by atoms with Gasteiger partial charge in [0.25, 0.3) is 5.92 Å². The highest BCUT2D eigenvalue weighted by Crippen LogP contribution is 2.50. The summed E-state index contributed by atoms with van der Waals surface area (Å²) in [6.45, 7) is 1.31. The lowest BCUT2D eigenvalue weighted by Gasteiger charge is -2.22. The quantitative estimate of drug-likeness (QED) is 0.796. The van der Waals surface area contributed by atoms with Gasteiger partial charge in [-0.2, -0.15) is 5.26 Å². The van der Waals surface area contributed by atoms with E-state index in [1.54, 1.807) is 6.07 Å². The molecule has 1 unspecified atom stereocenters. The van der Waals surface area contributed by atoms with Crippen LogP contribution in [0, 0.1) is 17.1 Å². The Hall–Kier alpha value is -2.41. The zero-order chi connectivity index (χ0) is 19.9. The maximum atomic E-state index is 14.1. The average Bonchev–Trinajstić information content (AvgIpc) is 2.84. The van der Waals surface area contributed by atoms with Crippen molar-refractivity contribution in [3.05, 3.63) is 58.4 Å². The molecule has 3 rings (SSSR count). The molecule has 1 N–H and O–H groups in total. The van der Waals surface area contributed by atoms with E-state index in [4.69, 9.17) is 10.00 Å². The highest BCUT2D eigenvalue weighted by molar-refractivity contribution is 7.79. The Bertz CT molecular complexity index is 974. The summed E-state index contributed by atoms with van der Waals surface area (Å²) < 4.78 is 69.9. The molecule has 27 heavy (non-hydrogen) atoms. The zero-order valence-electron chi connectivity index (χ0n) is 13.9. The third kappa shape index (κ3) is 3.56. The number of hydrogen-bond acceptors (Lipinski definition) is 5. The number of ether oxygens (including phenoxy) is 1. The normalized spacial score (nSPS) is 19.8. The van der Waals surface area contributed by atoms with Gasteiger partial charge in [0.1, 0.15) is 23.4 Å². The smallest absolute Gasteiger partial charge is 0.281 e. The second-order valence-corrected chi connectivity index (χ2v) is 7.41. The van der Waals surface area contributed by atoms with Gasteiger partial charge in [-0.25, -0.2) is 13.2 Å². The number of alkyl halides is 2. The van der Waals surface area contributed by atoms with Crippen LogP contribution >= 0.6 is 0 Å². The number of nitrogens with zero attached hydrogens (tertiary/aromatic N) is 1. The SMILES string of the molecule is C[C@@H](c1ccc(Oc2cc(F)cc(C#N)c2)c2c1[C@H](O)C(F)(F)C2)S(=O)[O-]. The Balaban J connectivity index is 2.11. The monoisotopic (exact) mass is 396 g/mol. The molecule has 0 radical (unpaired) electrons. The Morgan fingerprint density at radius 2 is 2.11 bits per heavy atom. The van der Waals surface area contributed by atoms with Crippen LogP contribution in [0.25, 0.3) is 0 Å². The first-order valence-corrected chi connectivity index (χ1v) is 8.96. The summed E-state index contributed by atoms with van der Waals surface area (Å²) in [6.07, 6.45) is -3.04. The predicted octanol–water partition coefficient (Wildman–Crippen LogP) is 3.65. The largest absolute Gasteiger partial charge is 0.772 e. The van der Waals surface area contributed by atoms with Gasteiger partial charge in [0.05, 0.1) is 11.6 Å². The van der Waals surface area contributed by atoms with Crippen LogP contribution in [0.4, 0.5) is 13.2 Å². The van der Waals surface area contributed by atoms with Gasteiger partial charge >= 0.3 is 0 Å². The number of aliphatic hydroxyl groups is 1. The van der Waals surface area contributed by atoms with E-state index < -0.39 is 40.6 Å². The topological polar surface area (TPSA) is 93.4 Å². The standard InChI is InChI=1S/C18H14F3NO4S/c1-9(27(24)25)13-2-3-15(14-7-18(20,21)17(23)16(13)14)26-12-5-10(8-22)4-11(19)6-12/h2-6,9,17,23H,7H2,1H3,(H,24,25)/p-1/t9-,17-/m0/s1. The zero-order valence-corrected chi connectivity index (χ0v) is 14.7. The molecule has 0 spiro atoms. The van der Waals surface area contributed by atoms with E-state index in [1.807, 2.05) is 0 Å². The van der Waals surface area contributed by atoms with Crippen molar-refractivity contribution >= 4 is 11.1 Å². The van der Waals surface area contributed by atoms with Gasteiger partial charge in [-0.1, -0.05) is 6.07 Å². The van der Waals surface area contributed by atoms with E-state index >= 15 is 0 Å². The molecule has 2 aromatic rings. The van der Waals surface area contributed by atoms with Gasteiger partial charge in [-0.15, -0.1) is 0 Å². The van der Waals surface area contributed by atoms with Gasteiger partial charge in [0.15, 0.2) is 0 Å². The first-order valence-electron chi connectivity index (χ1n) is 7.82. The fourth-order valence-corrected chi connectivity index (χ4v) is 3.49. The highest BCUT2D eigenvalue weighted by atomic mass is 32.2. The molecule has 9 heteroatoms. The van der Waals surface area contributed by atoms with Crippen molar-refractivity contribution in [3.8, 4) is 17.6 Å². The summed E-state index contributed by atoms with van der Waals surface area (Å²) >= 11 is -2.58. The Morgan fingerprint density at radius 1 is 1.41 bits per heavy atom. The van der Waals surface area contributed by atoms with E-state index in [-0.39, 0.29) is 33.8 Å². The van der Waals surface area contributed by atoms with E-state index in [2.05, 4.69) is 0 Å². The lowest BCUT2D eigenvalue weighted by Crippen LogP contribution is -2.22. The lowest BCUT2D eigenvalue weighted by atomic mass is 9.99. The van der Waals surface area contributed by atoms with Crippen LogP contribution in [-0.4, -0.2) is 19.8 Å². The van der Waals surface area contributed by atoms with Gasteiger partial charge in [0.2, 0.25) is 0 Å². The van der Waals surface area contributed by atoms with Crippen molar-refractivity contribution < 1.29 is 31.8 Å². The maximum absolute atomic E-state index is 14.1. The van der Waals surface area contributed by atoms with Gasteiger partial charge < -0.3 is 14.4 Å². The third-order valence-corrected chi connectivity index (χ3v) is 5.22. The first-order chi connectivity index (χ1) is 12.6. The number of rotatable bonds is 4. The van der Waals surface area contributed by atoms with Gasteiger partial charge in [0, 0.05) is 23.3 Å². The summed E-state index contributed by atoms with van der Waals surface area (Å²) in [7, 11) is 0. The van der Waals surface area contributed by atoms with Gasteiger partial charge in [-0.3, -0.25) is 4.21 Å². The number of halogens is 3. The predicted molar refractivity (Wildman–Crippen MR) is 88.6 cm³/mol. The van der Waals surface area contributed by atoms with Crippen LogP contribution in [0.1, 0.15) is 40.5 Å². The lowest BCUT2D eigenvalue weighted by molar-refractivity contribution is -0.0971. The Labute approximate surface area is 155 Å². The van der Waals surface area contributed by atoms with Crippen molar-refractivity contribution in [3.63, 3.8) is 0 Å². The van der Waals surface area contributed by atoms with E-state index in [0.29, 0.717) is 0 Å². The summed E-state index contributed by atoms with van der Waals surface area (Å²) in [6, 6.07) is 7.54. The molecule has 5 nitrogen and oxygen atoms in total. The fraction of sp³-hybridized carbons (Fsp3) is 0.278. The van der Waals surface area contributed by atoms with Crippen molar-refractivity contribution in [2.45, 2.75) is 30.6 Å². The molecule has 3 atom stereocenters. The summed E-state index contributed by atoms with van der Waals surface area (Å²) in [5.41, 5.74) is -0.220. The number of hydrogen-bond donors (Lipinski definition) is 1. The molecular formula is C18H13F3NO4S-.